The summed E-state index contributed by atoms with van der Waals surface area (Å²) in [6, 6.07) is 1.10. The highest BCUT2D eigenvalue weighted by molar-refractivity contribution is 4.89. The number of hydrogen-bond donors (Lipinski definition) is 2. The fraction of sp³-hybridized carbons (Fsp3) is 1.00. The number of hydrogen-bond acceptors (Lipinski definition) is 4. The Labute approximate surface area is 106 Å². The van der Waals surface area contributed by atoms with Crippen molar-refractivity contribution in [3.63, 3.8) is 0 Å². The number of aliphatic hydroxyl groups is 1. The number of likely N-dealkylation sites (N-methyl/N-ethyl adjacent to an activating group) is 2. The molecule has 1 aliphatic rings. The summed E-state index contributed by atoms with van der Waals surface area (Å²) in [4.78, 5) is 4.95. The van der Waals surface area contributed by atoms with Gasteiger partial charge in [0.15, 0.2) is 0 Å². The number of aliphatic hydroxyl groups excluding tert-OH is 1. The van der Waals surface area contributed by atoms with Crippen LogP contribution in [0.15, 0.2) is 0 Å². The third-order valence-corrected chi connectivity index (χ3v) is 4.15. The van der Waals surface area contributed by atoms with Crippen LogP contribution in [0, 0.1) is 0 Å². The van der Waals surface area contributed by atoms with Gasteiger partial charge in [-0.25, -0.2) is 0 Å². The third-order valence-electron chi connectivity index (χ3n) is 4.15. The first-order valence-electron chi connectivity index (χ1n) is 6.66. The second-order valence-corrected chi connectivity index (χ2v) is 5.87. The van der Waals surface area contributed by atoms with Crippen LogP contribution < -0.4 is 5.32 Å². The van der Waals surface area contributed by atoms with E-state index in [9.17, 15) is 5.11 Å². The molecule has 1 heterocycles. The van der Waals surface area contributed by atoms with Gasteiger partial charge >= 0.3 is 0 Å². The first kappa shape index (κ1) is 14.9. The first-order valence-corrected chi connectivity index (χ1v) is 6.66. The van der Waals surface area contributed by atoms with Crippen LogP contribution in [0.1, 0.15) is 27.2 Å². The van der Waals surface area contributed by atoms with E-state index in [1.54, 1.807) is 0 Å². The zero-order chi connectivity index (χ0) is 13.1. The van der Waals surface area contributed by atoms with Gasteiger partial charge in [-0.15, -0.1) is 0 Å². The van der Waals surface area contributed by atoms with E-state index < -0.39 is 0 Å². The maximum Gasteiger partial charge on any atom is 0.0611 e. The van der Waals surface area contributed by atoms with E-state index in [4.69, 9.17) is 0 Å². The standard InChI is InChI=1S/C13H29N3O/c1-11(8-13(3,10-17)14-4)16-7-6-15(5)9-12(16)2/h11-12,14,17H,6-10H2,1-5H3. The van der Waals surface area contributed by atoms with Crippen LogP contribution in [0.25, 0.3) is 0 Å². The van der Waals surface area contributed by atoms with Crippen molar-refractivity contribution in [2.75, 3.05) is 40.3 Å². The Bertz CT molecular complexity index is 231. The molecule has 0 spiro atoms. The lowest BCUT2D eigenvalue weighted by atomic mass is 9.93. The largest absolute Gasteiger partial charge is 0.394 e. The van der Waals surface area contributed by atoms with Crippen molar-refractivity contribution in [2.45, 2.75) is 44.8 Å². The lowest BCUT2D eigenvalue weighted by molar-refractivity contribution is 0.0450. The molecule has 1 aliphatic heterocycles. The molecule has 1 rings (SSSR count). The molecule has 17 heavy (non-hydrogen) atoms. The molecule has 0 aromatic rings. The van der Waals surface area contributed by atoms with Gasteiger partial charge in [-0.3, -0.25) is 4.90 Å². The molecule has 0 bridgehead atoms. The second-order valence-electron chi connectivity index (χ2n) is 5.87. The third kappa shape index (κ3) is 3.91. The minimum atomic E-state index is -0.164. The van der Waals surface area contributed by atoms with Gasteiger partial charge in [-0.05, 0) is 41.3 Å². The molecule has 1 saturated heterocycles. The predicted molar refractivity (Wildman–Crippen MR) is 72.3 cm³/mol. The molecule has 0 saturated carbocycles. The van der Waals surface area contributed by atoms with Crippen LogP contribution in [0.3, 0.4) is 0 Å². The summed E-state index contributed by atoms with van der Waals surface area (Å²) in [6.07, 6.45) is 0.980. The molecule has 3 unspecified atom stereocenters. The van der Waals surface area contributed by atoms with Crippen LogP contribution in [0.4, 0.5) is 0 Å². The summed E-state index contributed by atoms with van der Waals surface area (Å²) in [6.45, 7) is 10.3. The highest BCUT2D eigenvalue weighted by atomic mass is 16.3. The molecule has 4 nitrogen and oxygen atoms in total. The van der Waals surface area contributed by atoms with Gasteiger partial charge in [0, 0.05) is 37.3 Å². The maximum atomic E-state index is 9.45. The molecule has 3 atom stereocenters. The van der Waals surface area contributed by atoms with Crippen molar-refractivity contribution in [3.05, 3.63) is 0 Å². The summed E-state index contributed by atoms with van der Waals surface area (Å²) in [5.74, 6) is 0. The van der Waals surface area contributed by atoms with Crippen LogP contribution in [0.5, 0.6) is 0 Å². The normalized spacial score (nSPS) is 28.9. The Hall–Kier alpha value is -0.160. The van der Waals surface area contributed by atoms with E-state index in [1.807, 2.05) is 7.05 Å². The van der Waals surface area contributed by atoms with Crippen molar-refractivity contribution in [1.29, 1.82) is 0 Å². The van der Waals surface area contributed by atoms with Crippen LogP contribution in [0.2, 0.25) is 0 Å². The van der Waals surface area contributed by atoms with Gasteiger partial charge in [0.05, 0.1) is 6.61 Å². The van der Waals surface area contributed by atoms with E-state index in [0.717, 1.165) is 26.1 Å². The summed E-state index contributed by atoms with van der Waals surface area (Å²) in [5, 5.41) is 12.7. The van der Waals surface area contributed by atoms with E-state index in [1.165, 1.54) is 0 Å². The van der Waals surface area contributed by atoms with Gasteiger partial charge < -0.3 is 15.3 Å². The highest BCUT2D eigenvalue weighted by Gasteiger charge is 2.30. The molecule has 0 aliphatic carbocycles. The fourth-order valence-corrected chi connectivity index (χ4v) is 2.82. The molecular weight excluding hydrogens is 214 g/mol. The molecule has 4 heteroatoms. The van der Waals surface area contributed by atoms with Crippen molar-refractivity contribution in [2.24, 2.45) is 0 Å². The minimum Gasteiger partial charge on any atom is -0.394 e. The predicted octanol–water partition coefficient (Wildman–Crippen LogP) is 0.371. The number of nitrogens with one attached hydrogen (secondary N) is 1. The van der Waals surface area contributed by atoms with Gasteiger partial charge in [0.1, 0.15) is 0 Å². The summed E-state index contributed by atoms with van der Waals surface area (Å²) < 4.78 is 0. The van der Waals surface area contributed by atoms with Crippen LogP contribution in [-0.4, -0.2) is 72.9 Å². The average molecular weight is 243 g/mol. The Morgan fingerprint density at radius 3 is 2.59 bits per heavy atom. The summed E-state index contributed by atoms with van der Waals surface area (Å²) in [7, 11) is 4.11. The molecule has 102 valence electrons. The van der Waals surface area contributed by atoms with Gasteiger partial charge in [-0.2, -0.15) is 0 Å². The van der Waals surface area contributed by atoms with Crippen LogP contribution in [-0.2, 0) is 0 Å². The zero-order valence-corrected chi connectivity index (χ0v) is 12.0. The topological polar surface area (TPSA) is 38.7 Å². The Morgan fingerprint density at radius 1 is 1.47 bits per heavy atom. The van der Waals surface area contributed by atoms with E-state index in [-0.39, 0.29) is 12.1 Å². The summed E-state index contributed by atoms with van der Waals surface area (Å²) >= 11 is 0. The first-order chi connectivity index (χ1) is 7.91. The SMILES string of the molecule is CNC(C)(CO)CC(C)N1CCN(C)CC1C. The quantitative estimate of drug-likeness (QED) is 0.732. The summed E-state index contributed by atoms with van der Waals surface area (Å²) in [5.41, 5.74) is -0.164. The fourth-order valence-electron chi connectivity index (χ4n) is 2.82. The number of rotatable bonds is 5. The minimum absolute atomic E-state index is 0.164. The van der Waals surface area contributed by atoms with Crippen LogP contribution >= 0.6 is 0 Å². The average Bonchev–Trinajstić information content (AvgIpc) is 2.28. The molecule has 1 fully saturated rings. The Kier molecular flexibility index (Phi) is 5.38. The Balaban J connectivity index is 2.55. The van der Waals surface area contributed by atoms with Crippen molar-refractivity contribution >= 4 is 0 Å². The Morgan fingerprint density at radius 2 is 2.12 bits per heavy atom. The lowest BCUT2D eigenvalue weighted by Gasteiger charge is -2.44. The molecule has 0 aromatic carbocycles. The van der Waals surface area contributed by atoms with Gasteiger partial charge in [-0.1, -0.05) is 0 Å². The van der Waals surface area contributed by atoms with Gasteiger partial charge in [0.25, 0.3) is 0 Å². The van der Waals surface area contributed by atoms with E-state index >= 15 is 0 Å². The molecule has 0 aromatic heterocycles. The van der Waals surface area contributed by atoms with Crippen molar-refractivity contribution < 1.29 is 5.11 Å². The lowest BCUT2D eigenvalue weighted by Crippen LogP contribution is -2.56. The van der Waals surface area contributed by atoms with Gasteiger partial charge in [0.2, 0.25) is 0 Å². The number of piperazine rings is 1. The zero-order valence-electron chi connectivity index (χ0n) is 12.0. The molecular formula is C13H29N3O. The molecule has 0 radical (unpaired) electrons. The number of nitrogens with zero attached hydrogens (tertiary/aromatic N) is 2. The highest BCUT2D eigenvalue weighted by Crippen LogP contribution is 2.19. The van der Waals surface area contributed by atoms with Crippen molar-refractivity contribution in [3.8, 4) is 0 Å². The van der Waals surface area contributed by atoms with Crippen molar-refractivity contribution in [1.82, 2.24) is 15.1 Å². The monoisotopic (exact) mass is 243 g/mol. The smallest absolute Gasteiger partial charge is 0.0611 e. The second kappa shape index (κ2) is 6.14. The van der Waals surface area contributed by atoms with E-state index in [0.29, 0.717) is 12.1 Å². The van der Waals surface area contributed by atoms with E-state index in [2.05, 4.69) is 42.9 Å². The molecule has 2 N–H and O–H groups in total. The molecule has 0 amide bonds. The maximum absolute atomic E-state index is 9.45.